The summed E-state index contributed by atoms with van der Waals surface area (Å²) in [6.45, 7) is 7.68. The van der Waals surface area contributed by atoms with Crippen LogP contribution in [0.2, 0.25) is 0 Å². The largest absolute Gasteiger partial charge is 0.315 e. The summed E-state index contributed by atoms with van der Waals surface area (Å²) in [4.78, 5) is 0. The van der Waals surface area contributed by atoms with E-state index < -0.39 is 10.0 Å². The molecule has 0 aromatic rings. The lowest BCUT2D eigenvalue weighted by Crippen LogP contribution is -2.49. The first-order valence-corrected chi connectivity index (χ1v) is 7.04. The summed E-state index contributed by atoms with van der Waals surface area (Å²) in [5, 5.41) is 3.23. The Kier molecular flexibility index (Phi) is 4.76. The van der Waals surface area contributed by atoms with Crippen LogP contribution in [0.3, 0.4) is 0 Å². The third-order valence-electron chi connectivity index (χ3n) is 2.68. The van der Waals surface area contributed by atoms with Crippen LogP contribution in [-0.2, 0) is 10.0 Å². The molecule has 5 heteroatoms. The van der Waals surface area contributed by atoms with Crippen molar-refractivity contribution in [2.45, 2.75) is 25.8 Å². The minimum absolute atomic E-state index is 0.0390. The van der Waals surface area contributed by atoms with Crippen molar-refractivity contribution in [3.05, 3.63) is 12.7 Å². The summed E-state index contributed by atoms with van der Waals surface area (Å²) in [6.07, 6.45) is 3.45. The van der Waals surface area contributed by atoms with Gasteiger partial charge in [0.1, 0.15) is 0 Å². The monoisotopic (exact) mass is 232 g/mol. The number of rotatable bonds is 5. The number of sulfonamides is 1. The van der Waals surface area contributed by atoms with Crippen LogP contribution in [0.25, 0.3) is 0 Å². The molecule has 0 bridgehead atoms. The molecule has 1 saturated heterocycles. The van der Waals surface area contributed by atoms with Gasteiger partial charge in [-0.2, -0.15) is 4.31 Å². The van der Waals surface area contributed by atoms with Gasteiger partial charge in [-0.1, -0.05) is 13.0 Å². The number of likely N-dealkylation sites (N-methyl/N-ethyl adjacent to an activating group) is 1. The van der Waals surface area contributed by atoms with Crippen LogP contribution in [0.5, 0.6) is 0 Å². The lowest BCUT2D eigenvalue weighted by atomic mass is 10.1. The molecule has 0 aromatic carbocycles. The zero-order valence-electron chi connectivity index (χ0n) is 9.28. The van der Waals surface area contributed by atoms with Crippen molar-refractivity contribution < 1.29 is 8.42 Å². The first-order valence-electron chi connectivity index (χ1n) is 5.43. The highest BCUT2D eigenvalue weighted by molar-refractivity contribution is 7.89. The van der Waals surface area contributed by atoms with Crippen LogP contribution >= 0.6 is 0 Å². The van der Waals surface area contributed by atoms with E-state index in [2.05, 4.69) is 11.9 Å². The predicted molar refractivity (Wildman–Crippen MR) is 62.3 cm³/mol. The van der Waals surface area contributed by atoms with Crippen molar-refractivity contribution in [1.82, 2.24) is 9.62 Å². The fraction of sp³-hybridized carbons (Fsp3) is 0.800. The van der Waals surface area contributed by atoms with E-state index in [1.165, 1.54) is 6.08 Å². The Morgan fingerprint density at radius 3 is 2.80 bits per heavy atom. The van der Waals surface area contributed by atoms with Crippen LogP contribution < -0.4 is 5.32 Å². The number of hydrogen-bond donors (Lipinski definition) is 1. The van der Waals surface area contributed by atoms with Crippen molar-refractivity contribution >= 4 is 10.0 Å². The normalized spacial score (nSPS) is 22.9. The molecule has 1 unspecified atom stereocenters. The smallest absolute Gasteiger partial charge is 0.217 e. The van der Waals surface area contributed by atoms with Crippen LogP contribution in [0.1, 0.15) is 19.8 Å². The predicted octanol–water partition coefficient (Wildman–Crippen LogP) is 0.576. The van der Waals surface area contributed by atoms with E-state index in [4.69, 9.17) is 0 Å². The van der Waals surface area contributed by atoms with Crippen LogP contribution in [0, 0.1) is 0 Å². The standard InChI is InChI=1S/C10H20N2O2S/c1-3-8-15(13,14)12(4-2)10-6-5-7-11-9-10/h3,10-11H,1,4-9H2,2H3. The van der Waals surface area contributed by atoms with Gasteiger partial charge in [-0.3, -0.25) is 0 Å². The van der Waals surface area contributed by atoms with E-state index in [1.807, 2.05) is 6.92 Å². The van der Waals surface area contributed by atoms with Gasteiger partial charge in [0.05, 0.1) is 5.75 Å². The first kappa shape index (κ1) is 12.7. The van der Waals surface area contributed by atoms with Gasteiger partial charge in [0.2, 0.25) is 10.0 Å². The first-order chi connectivity index (χ1) is 7.11. The van der Waals surface area contributed by atoms with Gasteiger partial charge in [-0.05, 0) is 19.4 Å². The summed E-state index contributed by atoms with van der Waals surface area (Å²) in [5.74, 6) is 0.0390. The minimum Gasteiger partial charge on any atom is -0.315 e. The highest BCUT2D eigenvalue weighted by Crippen LogP contribution is 2.14. The Labute approximate surface area is 92.4 Å². The molecule has 1 heterocycles. The number of nitrogens with zero attached hydrogens (tertiary/aromatic N) is 1. The van der Waals surface area contributed by atoms with Gasteiger partial charge in [-0.15, -0.1) is 6.58 Å². The van der Waals surface area contributed by atoms with Gasteiger partial charge in [0.25, 0.3) is 0 Å². The highest BCUT2D eigenvalue weighted by Gasteiger charge is 2.28. The summed E-state index contributed by atoms with van der Waals surface area (Å²) in [7, 11) is -3.15. The summed E-state index contributed by atoms with van der Waals surface area (Å²) >= 11 is 0. The molecule has 1 fully saturated rings. The Balaban J connectivity index is 2.72. The van der Waals surface area contributed by atoms with E-state index in [1.54, 1.807) is 4.31 Å². The topological polar surface area (TPSA) is 49.4 Å². The molecule has 0 amide bonds. The third-order valence-corrected chi connectivity index (χ3v) is 4.60. The molecule has 1 aliphatic heterocycles. The zero-order valence-corrected chi connectivity index (χ0v) is 10.1. The quantitative estimate of drug-likeness (QED) is 0.705. The second kappa shape index (κ2) is 5.63. The lowest BCUT2D eigenvalue weighted by Gasteiger charge is -2.32. The van der Waals surface area contributed by atoms with Gasteiger partial charge in [0, 0.05) is 19.1 Å². The van der Waals surface area contributed by atoms with E-state index >= 15 is 0 Å². The second-order valence-corrected chi connectivity index (χ2v) is 5.74. The van der Waals surface area contributed by atoms with Crippen molar-refractivity contribution in [2.24, 2.45) is 0 Å². The van der Waals surface area contributed by atoms with Gasteiger partial charge in [0.15, 0.2) is 0 Å². The number of nitrogens with one attached hydrogen (secondary N) is 1. The van der Waals surface area contributed by atoms with E-state index in [0.29, 0.717) is 6.54 Å². The molecule has 0 radical (unpaired) electrons. The fourth-order valence-electron chi connectivity index (χ4n) is 2.01. The van der Waals surface area contributed by atoms with Crippen LogP contribution in [0.4, 0.5) is 0 Å². The average Bonchev–Trinajstić information content (AvgIpc) is 2.19. The molecule has 0 aromatic heterocycles. The molecule has 88 valence electrons. The molecule has 15 heavy (non-hydrogen) atoms. The molecule has 0 spiro atoms. The number of piperidine rings is 1. The Bertz CT molecular complexity index is 295. The van der Waals surface area contributed by atoms with E-state index in [0.717, 1.165) is 25.9 Å². The Hall–Kier alpha value is -0.390. The van der Waals surface area contributed by atoms with Crippen LogP contribution in [-0.4, -0.2) is 44.2 Å². The molecule has 1 aliphatic rings. The van der Waals surface area contributed by atoms with Gasteiger partial charge in [-0.25, -0.2) is 8.42 Å². The molecule has 1 rings (SSSR count). The minimum atomic E-state index is -3.15. The van der Waals surface area contributed by atoms with Crippen molar-refractivity contribution in [3.63, 3.8) is 0 Å². The average molecular weight is 232 g/mol. The molecular weight excluding hydrogens is 212 g/mol. The van der Waals surface area contributed by atoms with Crippen molar-refractivity contribution in [3.8, 4) is 0 Å². The molecular formula is C10H20N2O2S. The SMILES string of the molecule is C=CCS(=O)(=O)N(CC)C1CCCNC1. The van der Waals surface area contributed by atoms with E-state index in [-0.39, 0.29) is 11.8 Å². The second-order valence-electron chi connectivity index (χ2n) is 3.77. The summed E-state index contributed by atoms with van der Waals surface area (Å²) in [5.41, 5.74) is 0. The van der Waals surface area contributed by atoms with Crippen LogP contribution in [0.15, 0.2) is 12.7 Å². The zero-order chi connectivity index (χ0) is 11.3. The lowest BCUT2D eigenvalue weighted by molar-refractivity contribution is 0.275. The Morgan fingerprint density at radius 1 is 1.60 bits per heavy atom. The molecule has 1 atom stereocenters. The maximum Gasteiger partial charge on any atom is 0.217 e. The molecule has 4 nitrogen and oxygen atoms in total. The van der Waals surface area contributed by atoms with Gasteiger partial charge < -0.3 is 5.32 Å². The molecule has 1 N–H and O–H groups in total. The summed E-state index contributed by atoms with van der Waals surface area (Å²) in [6, 6.07) is 0.119. The van der Waals surface area contributed by atoms with Gasteiger partial charge >= 0.3 is 0 Å². The van der Waals surface area contributed by atoms with Crippen molar-refractivity contribution in [1.29, 1.82) is 0 Å². The number of hydrogen-bond acceptors (Lipinski definition) is 3. The summed E-state index contributed by atoms with van der Waals surface area (Å²) < 4.78 is 25.4. The maximum absolute atomic E-state index is 11.9. The highest BCUT2D eigenvalue weighted by atomic mass is 32.2. The fourth-order valence-corrected chi connectivity index (χ4v) is 3.52. The van der Waals surface area contributed by atoms with E-state index in [9.17, 15) is 8.42 Å². The Morgan fingerprint density at radius 2 is 2.33 bits per heavy atom. The maximum atomic E-state index is 11.9. The molecule has 0 saturated carbocycles. The van der Waals surface area contributed by atoms with Crippen molar-refractivity contribution in [2.75, 3.05) is 25.4 Å². The third kappa shape index (κ3) is 3.29. The molecule has 0 aliphatic carbocycles.